The van der Waals surface area contributed by atoms with Crippen molar-refractivity contribution in [3.05, 3.63) is 0 Å². The standard InChI is InChI=1S/C8H18O2/c1-4-8(10)7(5-9)6(2)3/h6-10H,4-5H2,1-3H3/t7-,8?/m1/s1. The molecule has 0 spiro atoms. The molecule has 0 rings (SSSR count). The van der Waals surface area contributed by atoms with Gasteiger partial charge in [-0.25, -0.2) is 0 Å². The number of aliphatic hydroxyl groups is 2. The van der Waals surface area contributed by atoms with E-state index in [0.29, 0.717) is 5.92 Å². The molecule has 0 aromatic heterocycles. The highest BCUT2D eigenvalue weighted by molar-refractivity contribution is 4.69. The molecule has 0 radical (unpaired) electrons. The summed E-state index contributed by atoms with van der Waals surface area (Å²) in [5.74, 6) is 0.407. The van der Waals surface area contributed by atoms with Crippen LogP contribution in [0.25, 0.3) is 0 Å². The van der Waals surface area contributed by atoms with E-state index in [4.69, 9.17) is 5.11 Å². The number of aliphatic hydroxyl groups excluding tert-OH is 2. The Labute approximate surface area is 62.9 Å². The Kier molecular flexibility index (Phi) is 4.65. The average molecular weight is 146 g/mol. The van der Waals surface area contributed by atoms with Crippen LogP contribution >= 0.6 is 0 Å². The summed E-state index contributed by atoms with van der Waals surface area (Å²) in [5, 5.41) is 18.2. The van der Waals surface area contributed by atoms with Gasteiger partial charge < -0.3 is 10.2 Å². The monoisotopic (exact) mass is 146 g/mol. The topological polar surface area (TPSA) is 40.5 Å². The van der Waals surface area contributed by atoms with E-state index in [2.05, 4.69) is 0 Å². The highest BCUT2D eigenvalue weighted by Gasteiger charge is 2.19. The molecular weight excluding hydrogens is 128 g/mol. The number of hydrogen-bond acceptors (Lipinski definition) is 2. The highest BCUT2D eigenvalue weighted by Crippen LogP contribution is 2.16. The third-order valence-electron chi connectivity index (χ3n) is 1.98. The summed E-state index contributed by atoms with van der Waals surface area (Å²) in [6, 6.07) is 0. The summed E-state index contributed by atoms with van der Waals surface area (Å²) in [4.78, 5) is 0. The van der Waals surface area contributed by atoms with Crippen molar-refractivity contribution in [2.24, 2.45) is 11.8 Å². The van der Waals surface area contributed by atoms with Gasteiger partial charge in [0.2, 0.25) is 0 Å². The summed E-state index contributed by atoms with van der Waals surface area (Å²) in [6.45, 7) is 6.04. The van der Waals surface area contributed by atoms with Gasteiger partial charge in [0, 0.05) is 12.5 Å². The molecule has 0 heterocycles. The SMILES string of the molecule is CCC(O)[C@H](CO)C(C)C. The van der Waals surface area contributed by atoms with Crippen LogP contribution in [0.5, 0.6) is 0 Å². The third-order valence-corrected chi connectivity index (χ3v) is 1.98. The van der Waals surface area contributed by atoms with Gasteiger partial charge in [0.1, 0.15) is 0 Å². The maximum absolute atomic E-state index is 9.33. The van der Waals surface area contributed by atoms with Crippen molar-refractivity contribution in [2.45, 2.75) is 33.3 Å². The van der Waals surface area contributed by atoms with Crippen LogP contribution in [0.4, 0.5) is 0 Å². The first-order valence-electron chi connectivity index (χ1n) is 3.92. The zero-order valence-corrected chi connectivity index (χ0v) is 7.04. The quantitative estimate of drug-likeness (QED) is 0.621. The molecule has 2 heteroatoms. The van der Waals surface area contributed by atoms with Crippen molar-refractivity contribution in [1.29, 1.82) is 0 Å². The summed E-state index contributed by atoms with van der Waals surface area (Å²) < 4.78 is 0. The lowest BCUT2D eigenvalue weighted by molar-refractivity contribution is 0.0393. The van der Waals surface area contributed by atoms with Gasteiger partial charge in [0.25, 0.3) is 0 Å². The molecule has 0 saturated carbocycles. The Morgan fingerprint density at radius 2 is 1.80 bits per heavy atom. The maximum Gasteiger partial charge on any atom is 0.0590 e. The van der Waals surface area contributed by atoms with Crippen LogP contribution in [0.3, 0.4) is 0 Å². The first-order valence-corrected chi connectivity index (χ1v) is 3.92. The lowest BCUT2D eigenvalue weighted by Crippen LogP contribution is -2.27. The number of rotatable bonds is 4. The van der Waals surface area contributed by atoms with Gasteiger partial charge in [-0.15, -0.1) is 0 Å². The largest absolute Gasteiger partial charge is 0.396 e. The second kappa shape index (κ2) is 4.69. The maximum atomic E-state index is 9.33. The molecule has 2 atom stereocenters. The molecule has 0 saturated heterocycles. The molecule has 0 amide bonds. The molecule has 62 valence electrons. The van der Waals surface area contributed by atoms with Crippen LogP contribution in [0.1, 0.15) is 27.2 Å². The second-order valence-electron chi connectivity index (χ2n) is 3.07. The van der Waals surface area contributed by atoms with Gasteiger partial charge >= 0.3 is 0 Å². The Morgan fingerprint density at radius 1 is 1.30 bits per heavy atom. The van der Waals surface area contributed by atoms with Crippen molar-refractivity contribution >= 4 is 0 Å². The molecular formula is C8H18O2. The first-order chi connectivity index (χ1) is 4.63. The van der Waals surface area contributed by atoms with Crippen LogP contribution in [0, 0.1) is 11.8 Å². The Balaban J connectivity index is 3.80. The van der Waals surface area contributed by atoms with Crippen molar-refractivity contribution in [2.75, 3.05) is 6.61 Å². The van der Waals surface area contributed by atoms with E-state index in [9.17, 15) is 5.11 Å². The molecule has 2 nitrogen and oxygen atoms in total. The van der Waals surface area contributed by atoms with E-state index in [0.717, 1.165) is 6.42 Å². The molecule has 0 aliphatic heterocycles. The summed E-state index contributed by atoms with van der Waals surface area (Å²) in [7, 11) is 0. The highest BCUT2D eigenvalue weighted by atomic mass is 16.3. The van der Waals surface area contributed by atoms with Crippen LogP contribution in [-0.4, -0.2) is 22.9 Å². The van der Waals surface area contributed by atoms with Gasteiger partial charge in [-0.2, -0.15) is 0 Å². The van der Waals surface area contributed by atoms with Gasteiger partial charge in [-0.05, 0) is 12.3 Å². The predicted octanol–water partition coefficient (Wildman–Crippen LogP) is 1.02. The molecule has 0 aromatic rings. The van der Waals surface area contributed by atoms with Gasteiger partial charge in [-0.3, -0.25) is 0 Å². The van der Waals surface area contributed by atoms with Crippen LogP contribution in [0.15, 0.2) is 0 Å². The first kappa shape index (κ1) is 9.92. The lowest BCUT2D eigenvalue weighted by atomic mass is 9.90. The molecule has 0 aromatic carbocycles. The summed E-state index contributed by atoms with van der Waals surface area (Å²) in [5.41, 5.74) is 0. The van der Waals surface area contributed by atoms with Crippen LogP contribution in [-0.2, 0) is 0 Å². The van der Waals surface area contributed by atoms with E-state index in [1.54, 1.807) is 0 Å². The average Bonchev–Trinajstić information content (AvgIpc) is 1.88. The third kappa shape index (κ3) is 2.67. The normalized spacial score (nSPS) is 17.4. The Hall–Kier alpha value is -0.0800. The minimum absolute atomic E-state index is 0.0463. The van der Waals surface area contributed by atoms with Crippen molar-refractivity contribution in [3.63, 3.8) is 0 Å². The fourth-order valence-corrected chi connectivity index (χ4v) is 1.08. The molecule has 1 unspecified atom stereocenters. The van der Waals surface area contributed by atoms with E-state index >= 15 is 0 Å². The van der Waals surface area contributed by atoms with Crippen molar-refractivity contribution < 1.29 is 10.2 Å². The van der Waals surface area contributed by atoms with E-state index in [1.807, 2.05) is 20.8 Å². The molecule has 0 aliphatic carbocycles. The Morgan fingerprint density at radius 3 is 1.90 bits per heavy atom. The molecule has 10 heavy (non-hydrogen) atoms. The smallest absolute Gasteiger partial charge is 0.0590 e. The molecule has 2 N–H and O–H groups in total. The molecule has 0 aliphatic rings. The van der Waals surface area contributed by atoms with Gasteiger partial charge in [0.05, 0.1) is 6.10 Å². The van der Waals surface area contributed by atoms with E-state index < -0.39 is 0 Å². The van der Waals surface area contributed by atoms with Crippen molar-refractivity contribution in [3.8, 4) is 0 Å². The van der Waals surface area contributed by atoms with Crippen molar-refractivity contribution in [1.82, 2.24) is 0 Å². The number of hydrogen-bond donors (Lipinski definition) is 2. The van der Waals surface area contributed by atoms with Gasteiger partial charge in [0.15, 0.2) is 0 Å². The summed E-state index contributed by atoms with van der Waals surface area (Å²) >= 11 is 0. The van der Waals surface area contributed by atoms with Crippen LogP contribution < -0.4 is 0 Å². The predicted molar refractivity (Wildman–Crippen MR) is 41.7 cm³/mol. The van der Waals surface area contributed by atoms with Crippen LogP contribution in [0.2, 0.25) is 0 Å². The second-order valence-corrected chi connectivity index (χ2v) is 3.07. The Bertz CT molecular complexity index is 81.3. The molecule has 0 bridgehead atoms. The zero-order valence-electron chi connectivity index (χ0n) is 7.04. The lowest BCUT2D eigenvalue weighted by Gasteiger charge is -2.22. The fraction of sp³-hybridized carbons (Fsp3) is 1.00. The minimum atomic E-state index is -0.343. The summed E-state index contributed by atoms with van der Waals surface area (Å²) in [6.07, 6.45) is 0.383. The molecule has 0 fully saturated rings. The zero-order chi connectivity index (χ0) is 8.15. The van der Waals surface area contributed by atoms with E-state index in [1.165, 1.54) is 0 Å². The van der Waals surface area contributed by atoms with E-state index in [-0.39, 0.29) is 18.6 Å². The van der Waals surface area contributed by atoms with Gasteiger partial charge in [-0.1, -0.05) is 20.8 Å². The minimum Gasteiger partial charge on any atom is -0.396 e. The fourth-order valence-electron chi connectivity index (χ4n) is 1.08.